The van der Waals surface area contributed by atoms with Crippen molar-refractivity contribution in [3.63, 3.8) is 0 Å². The molecule has 21 heavy (non-hydrogen) atoms. The van der Waals surface area contributed by atoms with Crippen molar-refractivity contribution in [2.45, 2.75) is 32.2 Å². The number of carbonyl (C=O) groups excluding carboxylic acids is 1. The van der Waals surface area contributed by atoms with Crippen molar-refractivity contribution in [1.82, 2.24) is 10.2 Å². The second-order valence-corrected chi connectivity index (χ2v) is 5.33. The fraction of sp³-hybridized carbons (Fsp3) is 0.333. The number of amides is 1. The van der Waals surface area contributed by atoms with E-state index < -0.39 is 6.04 Å². The van der Waals surface area contributed by atoms with E-state index >= 15 is 0 Å². The summed E-state index contributed by atoms with van der Waals surface area (Å²) in [5.74, 6) is 0.693. The number of rotatable bonds is 5. The second kappa shape index (κ2) is 6.41. The van der Waals surface area contributed by atoms with Crippen molar-refractivity contribution in [3.8, 4) is 5.75 Å². The molecule has 6 heteroatoms. The van der Waals surface area contributed by atoms with Crippen molar-refractivity contribution in [1.29, 1.82) is 0 Å². The van der Waals surface area contributed by atoms with Gasteiger partial charge in [0.2, 0.25) is 5.91 Å². The first kappa shape index (κ1) is 15.1. The summed E-state index contributed by atoms with van der Waals surface area (Å²) in [5.41, 5.74) is 7.73. The third-order valence-corrected chi connectivity index (χ3v) is 3.20. The highest BCUT2D eigenvalue weighted by Gasteiger charge is 2.16. The third-order valence-electron chi connectivity index (χ3n) is 3.20. The van der Waals surface area contributed by atoms with Crippen LogP contribution in [0, 0.1) is 0 Å². The van der Waals surface area contributed by atoms with Gasteiger partial charge in [0.05, 0.1) is 6.04 Å². The van der Waals surface area contributed by atoms with Gasteiger partial charge in [-0.2, -0.15) is 5.10 Å². The summed E-state index contributed by atoms with van der Waals surface area (Å²) in [6, 6.07) is 7.76. The van der Waals surface area contributed by atoms with Gasteiger partial charge in [0.15, 0.2) is 5.82 Å². The number of hydrogen-bond donors (Lipinski definition) is 4. The van der Waals surface area contributed by atoms with E-state index in [9.17, 15) is 9.90 Å². The number of aromatic nitrogens is 2. The Hall–Kier alpha value is -2.34. The standard InChI is InChI=1S/C15H20N4O2/c1-9(2)13-8-14(19-18-13)17-15(21)12(16)7-10-3-5-11(20)6-4-10/h3-6,8-9,12,20H,7,16H2,1-2H3,(H2,17,18,19,21)/t12-/m1/s1. The summed E-state index contributed by atoms with van der Waals surface area (Å²) >= 11 is 0. The Balaban J connectivity index is 1.94. The van der Waals surface area contributed by atoms with Gasteiger partial charge in [0.1, 0.15) is 5.75 Å². The van der Waals surface area contributed by atoms with Gasteiger partial charge in [-0.3, -0.25) is 9.89 Å². The van der Waals surface area contributed by atoms with Crippen LogP contribution in [0.5, 0.6) is 5.75 Å². The van der Waals surface area contributed by atoms with Crippen LogP contribution in [0.2, 0.25) is 0 Å². The number of aromatic amines is 1. The zero-order valence-electron chi connectivity index (χ0n) is 12.1. The van der Waals surface area contributed by atoms with Gasteiger partial charge in [-0.05, 0) is 30.0 Å². The van der Waals surface area contributed by atoms with Crippen molar-refractivity contribution >= 4 is 11.7 Å². The van der Waals surface area contributed by atoms with Crippen LogP contribution < -0.4 is 11.1 Å². The van der Waals surface area contributed by atoms with Gasteiger partial charge in [0, 0.05) is 11.8 Å². The van der Waals surface area contributed by atoms with Crippen LogP contribution >= 0.6 is 0 Å². The lowest BCUT2D eigenvalue weighted by Crippen LogP contribution is -2.37. The maximum Gasteiger partial charge on any atom is 0.242 e. The van der Waals surface area contributed by atoms with Crippen molar-refractivity contribution in [2.75, 3.05) is 5.32 Å². The first-order valence-electron chi connectivity index (χ1n) is 6.85. The summed E-state index contributed by atoms with van der Waals surface area (Å²) < 4.78 is 0. The zero-order chi connectivity index (χ0) is 15.4. The van der Waals surface area contributed by atoms with Crippen LogP contribution in [0.1, 0.15) is 31.0 Å². The Labute approximate surface area is 123 Å². The fourth-order valence-corrected chi connectivity index (χ4v) is 1.89. The molecule has 1 atom stereocenters. The van der Waals surface area contributed by atoms with Crippen LogP contribution in [-0.2, 0) is 11.2 Å². The van der Waals surface area contributed by atoms with E-state index in [0.717, 1.165) is 11.3 Å². The number of aromatic hydroxyl groups is 1. The first-order valence-corrected chi connectivity index (χ1v) is 6.85. The Morgan fingerprint density at radius 1 is 1.38 bits per heavy atom. The quantitative estimate of drug-likeness (QED) is 0.672. The van der Waals surface area contributed by atoms with Crippen molar-refractivity contribution < 1.29 is 9.90 Å². The molecule has 0 spiro atoms. The number of phenolic OH excluding ortho intramolecular Hbond substituents is 1. The number of hydrogen-bond acceptors (Lipinski definition) is 4. The lowest BCUT2D eigenvalue weighted by Gasteiger charge is -2.11. The molecule has 0 bridgehead atoms. The highest BCUT2D eigenvalue weighted by Crippen LogP contribution is 2.15. The molecule has 0 aliphatic rings. The number of anilines is 1. The topological polar surface area (TPSA) is 104 Å². The van der Waals surface area contributed by atoms with E-state index in [1.807, 2.05) is 13.8 Å². The molecule has 0 saturated heterocycles. The molecule has 0 radical (unpaired) electrons. The number of carbonyl (C=O) groups is 1. The third kappa shape index (κ3) is 4.06. The molecule has 1 aromatic heterocycles. The zero-order valence-corrected chi connectivity index (χ0v) is 12.1. The Morgan fingerprint density at radius 3 is 2.62 bits per heavy atom. The summed E-state index contributed by atoms with van der Waals surface area (Å²) in [6.45, 7) is 4.07. The molecule has 1 heterocycles. The molecular formula is C15H20N4O2. The Morgan fingerprint density at radius 2 is 2.05 bits per heavy atom. The molecule has 0 fully saturated rings. The first-order chi connectivity index (χ1) is 9.95. The maximum absolute atomic E-state index is 12.0. The highest BCUT2D eigenvalue weighted by atomic mass is 16.3. The number of nitrogens with zero attached hydrogens (tertiary/aromatic N) is 1. The van der Waals surface area contributed by atoms with E-state index in [-0.39, 0.29) is 11.7 Å². The molecule has 2 rings (SSSR count). The van der Waals surface area contributed by atoms with Crippen molar-refractivity contribution in [2.24, 2.45) is 5.73 Å². The van der Waals surface area contributed by atoms with Gasteiger partial charge < -0.3 is 16.2 Å². The number of benzene rings is 1. The Bertz CT molecular complexity index is 604. The van der Waals surface area contributed by atoms with Crippen LogP contribution in [0.4, 0.5) is 5.82 Å². The summed E-state index contributed by atoms with van der Waals surface area (Å²) in [7, 11) is 0. The molecule has 1 aromatic carbocycles. The van der Waals surface area contributed by atoms with Crippen LogP contribution in [-0.4, -0.2) is 27.3 Å². The van der Waals surface area contributed by atoms with Gasteiger partial charge in [0.25, 0.3) is 0 Å². The number of nitrogens with one attached hydrogen (secondary N) is 2. The van der Waals surface area contributed by atoms with Gasteiger partial charge >= 0.3 is 0 Å². The SMILES string of the molecule is CC(C)c1cc(NC(=O)[C@H](N)Cc2ccc(O)cc2)n[nH]1. The monoisotopic (exact) mass is 288 g/mol. The summed E-state index contributed by atoms with van der Waals surface area (Å²) in [4.78, 5) is 12.0. The lowest BCUT2D eigenvalue weighted by molar-refractivity contribution is -0.117. The highest BCUT2D eigenvalue weighted by molar-refractivity contribution is 5.94. The van der Waals surface area contributed by atoms with Gasteiger partial charge in [-0.25, -0.2) is 0 Å². The normalized spacial score (nSPS) is 12.4. The molecule has 112 valence electrons. The molecule has 0 aliphatic heterocycles. The maximum atomic E-state index is 12.0. The van der Waals surface area contributed by atoms with Gasteiger partial charge in [-0.15, -0.1) is 0 Å². The number of phenols is 1. The van der Waals surface area contributed by atoms with Crippen LogP contribution in [0.25, 0.3) is 0 Å². The molecule has 1 amide bonds. The minimum absolute atomic E-state index is 0.189. The van der Waals surface area contributed by atoms with E-state index in [0.29, 0.717) is 18.2 Å². The van der Waals surface area contributed by atoms with Crippen LogP contribution in [0.15, 0.2) is 30.3 Å². The molecule has 5 N–H and O–H groups in total. The van der Waals surface area contributed by atoms with Crippen molar-refractivity contribution in [3.05, 3.63) is 41.6 Å². The molecule has 2 aromatic rings. The summed E-state index contributed by atoms with van der Waals surface area (Å²) in [6.07, 6.45) is 0.396. The fourth-order valence-electron chi connectivity index (χ4n) is 1.89. The van der Waals surface area contributed by atoms with E-state index in [1.54, 1.807) is 30.3 Å². The molecular weight excluding hydrogens is 268 g/mol. The largest absolute Gasteiger partial charge is 0.508 e. The predicted octanol–water partition coefficient (Wildman–Crippen LogP) is 1.75. The summed E-state index contributed by atoms with van der Waals surface area (Å²) in [5, 5.41) is 18.8. The van der Waals surface area contributed by atoms with E-state index in [1.165, 1.54) is 0 Å². The predicted molar refractivity (Wildman–Crippen MR) is 81.1 cm³/mol. The minimum atomic E-state index is -0.672. The smallest absolute Gasteiger partial charge is 0.242 e. The molecule has 0 saturated carbocycles. The number of nitrogens with two attached hydrogens (primary N) is 1. The minimum Gasteiger partial charge on any atom is -0.508 e. The molecule has 6 nitrogen and oxygen atoms in total. The van der Waals surface area contributed by atoms with E-state index in [4.69, 9.17) is 5.73 Å². The second-order valence-electron chi connectivity index (χ2n) is 5.33. The number of H-pyrrole nitrogens is 1. The average Bonchev–Trinajstić information content (AvgIpc) is 2.90. The van der Waals surface area contributed by atoms with E-state index in [2.05, 4.69) is 15.5 Å². The molecule has 0 unspecified atom stereocenters. The van der Waals surface area contributed by atoms with Gasteiger partial charge in [-0.1, -0.05) is 26.0 Å². The average molecular weight is 288 g/mol. The molecule has 0 aliphatic carbocycles. The lowest BCUT2D eigenvalue weighted by atomic mass is 10.1. The van der Waals surface area contributed by atoms with Crippen LogP contribution in [0.3, 0.4) is 0 Å². The Kier molecular flexibility index (Phi) is 4.59.